The second-order valence-electron chi connectivity index (χ2n) is 8.76. The molecule has 3 aromatic rings. The number of halogens is 2. The number of hydrogen-bond acceptors (Lipinski definition) is 5. The Bertz CT molecular complexity index is 1290. The van der Waals surface area contributed by atoms with E-state index in [1.165, 1.54) is 12.4 Å². The van der Waals surface area contributed by atoms with Gasteiger partial charge in [-0.3, -0.25) is 0 Å². The third-order valence-electron chi connectivity index (χ3n) is 6.08. The normalized spacial score (nSPS) is 21.3. The first-order valence-corrected chi connectivity index (χ1v) is 11.3. The van der Waals surface area contributed by atoms with E-state index in [9.17, 15) is 4.39 Å². The van der Waals surface area contributed by atoms with Crippen molar-refractivity contribution in [2.45, 2.75) is 0 Å². The molecule has 0 amide bonds. The summed E-state index contributed by atoms with van der Waals surface area (Å²) in [4.78, 5) is 11.0. The maximum atomic E-state index is 13.6. The molecule has 2 fully saturated rings. The Kier molecular flexibility index (Phi) is 6.03. The van der Waals surface area contributed by atoms with Gasteiger partial charge in [0.1, 0.15) is 18.0 Å². The Morgan fingerprint density at radius 3 is 2.79 bits per heavy atom. The van der Waals surface area contributed by atoms with Crippen LogP contribution in [0.3, 0.4) is 0 Å². The molecule has 0 bridgehead atoms. The van der Waals surface area contributed by atoms with Crippen LogP contribution in [0.25, 0.3) is 17.0 Å². The highest BCUT2D eigenvalue weighted by molar-refractivity contribution is 6.31. The zero-order valence-corrected chi connectivity index (χ0v) is 19.2. The fourth-order valence-corrected chi connectivity index (χ4v) is 4.36. The van der Waals surface area contributed by atoms with Gasteiger partial charge in [0, 0.05) is 40.9 Å². The largest absolute Gasteiger partial charge is 0.381 e. The smallest absolute Gasteiger partial charge is 0.141 e. The first-order valence-electron chi connectivity index (χ1n) is 10.9. The number of likely N-dealkylation sites (N-methyl/N-ethyl adjacent to an activating group) is 1. The molecule has 2 unspecified atom stereocenters. The molecule has 2 aliphatic rings. The molecule has 1 saturated carbocycles. The number of rotatable bonds is 5. The summed E-state index contributed by atoms with van der Waals surface area (Å²) in [6, 6.07) is 8.56. The number of benzene rings is 2. The average molecular weight is 463 g/mol. The van der Waals surface area contributed by atoms with Gasteiger partial charge in [-0.05, 0) is 50.0 Å². The summed E-state index contributed by atoms with van der Waals surface area (Å²) in [5.41, 5.74) is 3.39. The van der Waals surface area contributed by atoms with Crippen molar-refractivity contribution in [1.29, 1.82) is 0 Å². The highest BCUT2D eigenvalue weighted by Crippen LogP contribution is 2.50. The Balaban J connectivity index is 1.52. The Hall–Kier alpha value is -2.98. The fraction of sp³-hybridized carbons (Fsp3) is 0.308. The Labute approximate surface area is 197 Å². The number of hydrogen-bond donors (Lipinski definition) is 1. The van der Waals surface area contributed by atoms with E-state index in [1.807, 2.05) is 20.2 Å². The van der Waals surface area contributed by atoms with Gasteiger partial charge in [0.25, 0.3) is 0 Å². The molecule has 0 radical (unpaired) electrons. The molecule has 1 aromatic heterocycles. The van der Waals surface area contributed by atoms with E-state index in [0.29, 0.717) is 29.3 Å². The van der Waals surface area contributed by atoms with E-state index in [2.05, 4.69) is 50.2 Å². The minimum atomic E-state index is -0.461. The minimum absolute atomic E-state index is 0.0541. The summed E-state index contributed by atoms with van der Waals surface area (Å²) < 4.78 is 19.0. The van der Waals surface area contributed by atoms with Gasteiger partial charge in [-0.1, -0.05) is 35.6 Å². The molecule has 33 heavy (non-hydrogen) atoms. The van der Waals surface area contributed by atoms with Gasteiger partial charge in [0.15, 0.2) is 0 Å². The predicted molar refractivity (Wildman–Crippen MR) is 130 cm³/mol. The molecular weight excluding hydrogens is 439 g/mol. The molecule has 1 N–H and O–H groups in total. The van der Waals surface area contributed by atoms with E-state index in [-0.39, 0.29) is 5.02 Å². The van der Waals surface area contributed by atoms with Crippen LogP contribution < -0.4 is 5.32 Å². The highest BCUT2D eigenvalue weighted by atomic mass is 35.5. The van der Waals surface area contributed by atoms with E-state index in [1.54, 1.807) is 12.1 Å². The summed E-state index contributed by atoms with van der Waals surface area (Å²) in [6.07, 6.45) is 5.71. The predicted octanol–water partition coefficient (Wildman–Crippen LogP) is 4.98. The lowest BCUT2D eigenvalue weighted by molar-refractivity contribution is 0.158. The van der Waals surface area contributed by atoms with E-state index in [0.717, 1.165) is 41.8 Å². The third-order valence-corrected chi connectivity index (χ3v) is 6.37. The van der Waals surface area contributed by atoms with Crippen LogP contribution in [0.2, 0.25) is 5.02 Å². The second kappa shape index (κ2) is 9.11. The molecule has 168 valence electrons. The van der Waals surface area contributed by atoms with Gasteiger partial charge in [0.2, 0.25) is 0 Å². The monoisotopic (exact) mass is 462 g/mol. The van der Waals surface area contributed by atoms with Crippen LogP contribution in [0.1, 0.15) is 11.1 Å². The summed E-state index contributed by atoms with van der Waals surface area (Å²) in [7, 11) is 4.06. The first kappa shape index (κ1) is 21.8. The summed E-state index contributed by atoms with van der Waals surface area (Å²) in [6.45, 7) is 2.47. The molecule has 2 heterocycles. The zero-order chi connectivity index (χ0) is 22.9. The van der Waals surface area contributed by atoms with E-state index in [4.69, 9.17) is 16.3 Å². The summed E-state index contributed by atoms with van der Waals surface area (Å²) >= 11 is 5.94. The van der Waals surface area contributed by atoms with Crippen LogP contribution in [0.15, 0.2) is 42.7 Å². The molecule has 1 aliphatic carbocycles. The average Bonchev–Trinajstić information content (AvgIpc) is 3.20. The second-order valence-corrected chi connectivity index (χ2v) is 9.16. The quantitative estimate of drug-likeness (QED) is 0.542. The Morgan fingerprint density at radius 2 is 2.03 bits per heavy atom. The standard InChI is InChI=1S/C26H24ClFN4O/c1-32(2)9-3-4-16-10-20-25(11-17(16)5-7-19-21-13-33-14-22(19)21)29-15-30-26(20)31-18-6-8-24(28)23(27)12-18/h3-4,6,8,10-12,15,19,21-22H,9,13-14H2,1-2H3,(H,29,30,31)/b4-3+. The molecule has 5 rings (SSSR count). The van der Waals surface area contributed by atoms with Gasteiger partial charge in [-0.15, -0.1) is 0 Å². The van der Waals surface area contributed by atoms with Crippen molar-refractivity contribution in [1.82, 2.24) is 14.9 Å². The van der Waals surface area contributed by atoms with Crippen LogP contribution in [0, 0.1) is 35.4 Å². The molecule has 2 atom stereocenters. The van der Waals surface area contributed by atoms with E-state index >= 15 is 0 Å². The van der Waals surface area contributed by atoms with Crippen LogP contribution >= 0.6 is 11.6 Å². The molecule has 1 aliphatic heterocycles. The molecule has 2 aromatic carbocycles. The van der Waals surface area contributed by atoms with Crippen molar-refractivity contribution in [2.24, 2.45) is 17.8 Å². The van der Waals surface area contributed by atoms with Crippen molar-refractivity contribution in [3.8, 4) is 11.8 Å². The van der Waals surface area contributed by atoms with Crippen molar-refractivity contribution in [2.75, 3.05) is 39.2 Å². The summed E-state index contributed by atoms with van der Waals surface area (Å²) in [5.74, 6) is 8.64. The van der Waals surface area contributed by atoms with Crippen molar-refractivity contribution >= 4 is 40.1 Å². The number of aromatic nitrogens is 2. The number of fused-ring (bicyclic) bond motifs is 2. The third kappa shape index (κ3) is 4.72. The lowest BCUT2D eigenvalue weighted by atomic mass is 10.0. The molecule has 1 saturated heterocycles. The van der Waals surface area contributed by atoms with Crippen molar-refractivity contribution in [3.63, 3.8) is 0 Å². The maximum absolute atomic E-state index is 13.6. The van der Waals surface area contributed by atoms with Gasteiger partial charge >= 0.3 is 0 Å². The lowest BCUT2D eigenvalue weighted by Gasteiger charge is -2.11. The number of anilines is 2. The molecule has 5 nitrogen and oxygen atoms in total. The molecule has 7 heteroatoms. The topological polar surface area (TPSA) is 50.3 Å². The Morgan fingerprint density at radius 1 is 1.21 bits per heavy atom. The fourth-order valence-electron chi connectivity index (χ4n) is 4.18. The van der Waals surface area contributed by atoms with Gasteiger partial charge < -0.3 is 15.0 Å². The number of nitrogens with one attached hydrogen (secondary N) is 1. The summed E-state index contributed by atoms with van der Waals surface area (Å²) in [5, 5.41) is 4.14. The van der Waals surface area contributed by atoms with Gasteiger partial charge in [-0.2, -0.15) is 0 Å². The van der Waals surface area contributed by atoms with Crippen molar-refractivity contribution < 1.29 is 9.13 Å². The van der Waals surface area contributed by atoms with Gasteiger partial charge in [-0.25, -0.2) is 14.4 Å². The highest BCUT2D eigenvalue weighted by Gasteiger charge is 2.53. The SMILES string of the molecule is CN(C)C/C=C/c1cc2c(Nc3ccc(F)c(Cl)c3)ncnc2cc1C#CC1C2COCC12. The molecular formula is C26H24ClFN4O. The lowest BCUT2D eigenvalue weighted by Crippen LogP contribution is -2.10. The van der Waals surface area contributed by atoms with Crippen LogP contribution in [-0.2, 0) is 4.74 Å². The van der Waals surface area contributed by atoms with Crippen LogP contribution in [0.4, 0.5) is 15.9 Å². The maximum Gasteiger partial charge on any atom is 0.141 e. The number of ether oxygens (including phenoxy) is 1. The number of nitrogens with zero attached hydrogens (tertiary/aromatic N) is 3. The zero-order valence-electron chi connectivity index (χ0n) is 18.5. The van der Waals surface area contributed by atoms with Crippen LogP contribution in [-0.4, -0.2) is 48.7 Å². The molecule has 0 spiro atoms. The first-order chi connectivity index (χ1) is 16.0. The van der Waals surface area contributed by atoms with Crippen molar-refractivity contribution in [3.05, 3.63) is 64.7 Å². The van der Waals surface area contributed by atoms with E-state index < -0.39 is 5.82 Å². The van der Waals surface area contributed by atoms with Crippen LogP contribution in [0.5, 0.6) is 0 Å². The van der Waals surface area contributed by atoms with Gasteiger partial charge in [0.05, 0.1) is 23.8 Å². The minimum Gasteiger partial charge on any atom is -0.381 e.